The lowest BCUT2D eigenvalue weighted by atomic mass is 10.1. The number of hydrogen-bond donors (Lipinski definition) is 1. The highest BCUT2D eigenvalue weighted by Gasteiger charge is 2.10. The first-order valence-corrected chi connectivity index (χ1v) is 8.83. The van der Waals surface area contributed by atoms with Gasteiger partial charge in [0.25, 0.3) is 11.9 Å². The van der Waals surface area contributed by atoms with Crippen LogP contribution in [0.1, 0.15) is 28.4 Å². The van der Waals surface area contributed by atoms with Crippen LogP contribution in [0.25, 0.3) is 0 Å². The van der Waals surface area contributed by atoms with Crippen LogP contribution in [0.5, 0.6) is 11.5 Å². The van der Waals surface area contributed by atoms with Gasteiger partial charge in [-0.15, -0.1) is 0 Å². The molecule has 6 heteroatoms. The number of nitrogens with zero attached hydrogens (tertiary/aromatic N) is 1. The molecule has 0 aromatic heterocycles. The van der Waals surface area contributed by atoms with Crippen LogP contribution in [0.3, 0.4) is 0 Å². The van der Waals surface area contributed by atoms with E-state index in [0.29, 0.717) is 36.6 Å². The molecule has 27 heavy (non-hydrogen) atoms. The number of hydrogen-bond acceptors (Lipinski definition) is 5. The van der Waals surface area contributed by atoms with Crippen LogP contribution in [0.15, 0.2) is 47.5 Å². The van der Waals surface area contributed by atoms with E-state index in [2.05, 4.69) is 10.3 Å². The number of methoxy groups -OCH3 is 2. The average molecular weight is 370 g/mol. The number of nitrogens with one attached hydrogen (secondary N) is 1. The molecule has 0 heterocycles. The molecule has 2 aromatic carbocycles. The molecule has 2 aromatic rings. The zero-order chi connectivity index (χ0) is 19.6. The van der Waals surface area contributed by atoms with Crippen molar-refractivity contribution < 1.29 is 19.0 Å². The molecule has 0 unspecified atom stereocenters. The molecule has 0 spiro atoms. The van der Waals surface area contributed by atoms with E-state index in [1.807, 2.05) is 50.2 Å². The predicted molar refractivity (Wildman–Crippen MR) is 106 cm³/mol. The molecule has 0 bridgehead atoms. The summed E-state index contributed by atoms with van der Waals surface area (Å²) in [6.07, 6.45) is 0.678. The summed E-state index contributed by atoms with van der Waals surface area (Å²) >= 11 is 0. The number of amides is 1. The van der Waals surface area contributed by atoms with Gasteiger partial charge in [-0.25, -0.2) is 4.99 Å². The molecule has 1 amide bonds. The van der Waals surface area contributed by atoms with Crippen molar-refractivity contribution in [2.24, 2.45) is 4.99 Å². The number of aryl methyl sites for hydroxylation is 1. The van der Waals surface area contributed by atoms with Crippen LogP contribution in [-0.4, -0.2) is 39.3 Å². The second kappa shape index (κ2) is 10.2. The highest BCUT2D eigenvalue weighted by atomic mass is 16.5. The lowest BCUT2D eigenvalue weighted by Crippen LogP contribution is -2.33. The predicted octanol–water partition coefficient (Wildman–Crippen LogP) is 3.38. The van der Waals surface area contributed by atoms with Crippen molar-refractivity contribution in [3.63, 3.8) is 0 Å². The van der Waals surface area contributed by atoms with Crippen LogP contribution in [-0.2, 0) is 11.2 Å². The summed E-state index contributed by atoms with van der Waals surface area (Å²) in [7, 11) is 3.21. The van der Waals surface area contributed by atoms with E-state index in [4.69, 9.17) is 14.2 Å². The van der Waals surface area contributed by atoms with Crippen molar-refractivity contribution >= 4 is 11.9 Å². The van der Waals surface area contributed by atoms with E-state index < -0.39 is 0 Å². The van der Waals surface area contributed by atoms with Gasteiger partial charge in [0, 0.05) is 12.1 Å². The largest absolute Gasteiger partial charge is 0.493 e. The first-order valence-electron chi connectivity index (χ1n) is 8.83. The number of ether oxygens (including phenoxy) is 3. The van der Waals surface area contributed by atoms with E-state index in [1.165, 1.54) is 0 Å². The van der Waals surface area contributed by atoms with Crippen LogP contribution in [0.4, 0.5) is 0 Å². The molecular formula is C21H26N2O4. The Kier molecular flexibility index (Phi) is 7.67. The summed E-state index contributed by atoms with van der Waals surface area (Å²) in [5.41, 5.74) is 2.64. The monoisotopic (exact) mass is 370 g/mol. The molecule has 6 nitrogen and oxygen atoms in total. The number of carbonyl (C=O) groups excluding carboxylic acids is 1. The fourth-order valence-electron chi connectivity index (χ4n) is 2.54. The van der Waals surface area contributed by atoms with Gasteiger partial charge in [-0.3, -0.25) is 10.1 Å². The molecule has 1 N–H and O–H groups in total. The van der Waals surface area contributed by atoms with Gasteiger partial charge in [0.1, 0.15) is 0 Å². The maximum atomic E-state index is 12.4. The Hall–Kier alpha value is -3.02. The molecule has 0 aliphatic carbocycles. The zero-order valence-corrected chi connectivity index (χ0v) is 16.2. The van der Waals surface area contributed by atoms with Gasteiger partial charge in [-0.2, -0.15) is 0 Å². The van der Waals surface area contributed by atoms with Crippen molar-refractivity contribution in [3.8, 4) is 11.5 Å². The number of benzene rings is 2. The van der Waals surface area contributed by atoms with Crippen molar-refractivity contribution in [3.05, 3.63) is 59.2 Å². The Balaban J connectivity index is 2.01. The lowest BCUT2D eigenvalue weighted by molar-refractivity contribution is 0.0966. The molecule has 0 radical (unpaired) electrons. The fourth-order valence-corrected chi connectivity index (χ4v) is 2.54. The topological polar surface area (TPSA) is 69.2 Å². The normalized spacial score (nSPS) is 11.0. The molecule has 2 rings (SSSR count). The van der Waals surface area contributed by atoms with E-state index in [1.54, 1.807) is 20.3 Å². The summed E-state index contributed by atoms with van der Waals surface area (Å²) in [5.74, 6) is 1.12. The van der Waals surface area contributed by atoms with Crippen molar-refractivity contribution in [1.29, 1.82) is 0 Å². The summed E-state index contributed by atoms with van der Waals surface area (Å²) in [4.78, 5) is 16.8. The Bertz CT molecular complexity index is 803. The van der Waals surface area contributed by atoms with Gasteiger partial charge in [-0.1, -0.05) is 23.8 Å². The van der Waals surface area contributed by atoms with Gasteiger partial charge in [0.05, 0.1) is 20.8 Å². The second-order valence-electron chi connectivity index (χ2n) is 5.88. The molecule has 0 fully saturated rings. The smallest absolute Gasteiger partial charge is 0.291 e. The number of aliphatic imine (C=N–C) groups is 1. The minimum atomic E-state index is -0.239. The fraction of sp³-hybridized carbons (Fsp3) is 0.333. The Morgan fingerprint density at radius 2 is 1.85 bits per heavy atom. The van der Waals surface area contributed by atoms with Crippen LogP contribution < -0.4 is 14.8 Å². The Morgan fingerprint density at radius 1 is 1.07 bits per heavy atom. The maximum absolute atomic E-state index is 12.4. The van der Waals surface area contributed by atoms with Crippen LogP contribution >= 0.6 is 0 Å². The average Bonchev–Trinajstić information content (AvgIpc) is 2.67. The highest BCUT2D eigenvalue weighted by molar-refractivity contribution is 6.04. The third-order valence-corrected chi connectivity index (χ3v) is 3.89. The van der Waals surface area contributed by atoms with Crippen molar-refractivity contribution in [1.82, 2.24) is 5.32 Å². The molecule has 0 saturated heterocycles. The van der Waals surface area contributed by atoms with Gasteiger partial charge in [-0.05, 0) is 50.1 Å². The molecule has 0 aliphatic heterocycles. The van der Waals surface area contributed by atoms with E-state index >= 15 is 0 Å². The van der Waals surface area contributed by atoms with Crippen molar-refractivity contribution in [2.75, 3.05) is 27.4 Å². The summed E-state index contributed by atoms with van der Waals surface area (Å²) < 4.78 is 16.0. The van der Waals surface area contributed by atoms with E-state index in [-0.39, 0.29) is 11.9 Å². The third kappa shape index (κ3) is 6.02. The van der Waals surface area contributed by atoms with Gasteiger partial charge in [0.15, 0.2) is 11.5 Å². The third-order valence-electron chi connectivity index (χ3n) is 3.89. The standard InChI is InChI=1S/C21H26N2O4/c1-5-27-21(23-20(24)17-8-6-7-15(2)13-17)22-12-11-16-9-10-18(25-3)19(14-16)26-4/h6-10,13-14H,5,11-12H2,1-4H3,(H,22,23,24). The quantitative estimate of drug-likeness (QED) is 0.599. The van der Waals surface area contributed by atoms with E-state index in [9.17, 15) is 4.79 Å². The molecular weight excluding hydrogens is 344 g/mol. The first kappa shape index (κ1) is 20.3. The van der Waals surface area contributed by atoms with Crippen LogP contribution in [0, 0.1) is 6.92 Å². The Labute approximate surface area is 160 Å². The first-order chi connectivity index (χ1) is 13.1. The summed E-state index contributed by atoms with van der Waals surface area (Å²) in [5, 5.41) is 2.73. The number of rotatable bonds is 7. The van der Waals surface area contributed by atoms with Gasteiger partial charge in [0.2, 0.25) is 0 Å². The highest BCUT2D eigenvalue weighted by Crippen LogP contribution is 2.27. The SMILES string of the molecule is CCOC(=NCCc1ccc(OC)c(OC)c1)NC(=O)c1cccc(C)c1. The molecule has 0 saturated carbocycles. The summed E-state index contributed by atoms with van der Waals surface area (Å²) in [6, 6.07) is 13.3. The molecule has 144 valence electrons. The summed E-state index contributed by atoms with van der Waals surface area (Å²) in [6.45, 7) is 4.68. The second-order valence-corrected chi connectivity index (χ2v) is 5.88. The molecule has 0 atom stereocenters. The Morgan fingerprint density at radius 3 is 2.52 bits per heavy atom. The lowest BCUT2D eigenvalue weighted by Gasteiger charge is -2.11. The minimum absolute atomic E-state index is 0.226. The van der Waals surface area contributed by atoms with Gasteiger partial charge >= 0.3 is 0 Å². The minimum Gasteiger partial charge on any atom is -0.493 e. The number of carbonyl (C=O) groups is 1. The van der Waals surface area contributed by atoms with Crippen molar-refractivity contribution in [2.45, 2.75) is 20.3 Å². The van der Waals surface area contributed by atoms with Crippen LogP contribution in [0.2, 0.25) is 0 Å². The number of amidine groups is 1. The maximum Gasteiger partial charge on any atom is 0.291 e. The zero-order valence-electron chi connectivity index (χ0n) is 16.2. The van der Waals surface area contributed by atoms with Gasteiger partial charge < -0.3 is 14.2 Å². The molecule has 0 aliphatic rings. The van der Waals surface area contributed by atoms with E-state index in [0.717, 1.165) is 11.1 Å².